The number of carbonyl (C=O) groups is 1. The van der Waals surface area contributed by atoms with Gasteiger partial charge in [0, 0.05) is 19.0 Å². The van der Waals surface area contributed by atoms with Crippen molar-refractivity contribution in [2.24, 2.45) is 5.41 Å². The third kappa shape index (κ3) is 7.92. The van der Waals surface area contributed by atoms with Gasteiger partial charge in [0.05, 0.1) is 12.1 Å². The lowest BCUT2D eigenvalue weighted by Crippen LogP contribution is -2.51. The summed E-state index contributed by atoms with van der Waals surface area (Å²) in [5.41, 5.74) is 2.35. The Morgan fingerprint density at radius 2 is 1.53 bits per heavy atom. The van der Waals surface area contributed by atoms with E-state index in [0.29, 0.717) is 19.4 Å². The van der Waals surface area contributed by atoms with Crippen LogP contribution in [-0.4, -0.2) is 35.7 Å². The Balaban J connectivity index is 2.02. The lowest BCUT2D eigenvalue weighted by molar-refractivity contribution is -0.123. The highest BCUT2D eigenvalue weighted by molar-refractivity contribution is 5.77. The molecule has 0 bridgehead atoms. The molecule has 0 aliphatic heterocycles. The molecule has 0 fully saturated rings. The van der Waals surface area contributed by atoms with E-state index in [4.69, 9.17) is 0 Å². The van der Waals surface area contributed by atoms with E-state index in [2.05, 4.69) is 45.3 Å². The van der Waals surface area contributed by atoms with Crippen molar-refractivity contribution < 1.29 is 9.90 Å². The van der Waals surface area contributed by atoms with Crippen molar-refractivity contribution in [3.8, 4) is 0 Å². The van der Waals surface area contributed by atoms with E-state index in [0.717, 1.165) is 11.1 Å². The van der Waals surface area contributed by atoms with Crippen LogP contribution < -0.4 is 10.6 Å². The van der Waals surface area contributed by atoms with Crippen LogP contribution in [-0.2, 0) is 11.2 Å². The minimum absolute atomic E-state index is 0.0322. The average Bonchev–Trinajstić information content (AvgIpc) is 2.71. The first-order valence-electron chi connectivity index (χ1n) is 11.0. The number of benzene rings is 2. The number of aliphatic hydroxyl groups is 1. The average molecular weight is 411 g/mol. The Kier molecular flexibility index (Phi) is 9.07. The molecule has 1 amide bonds. The Morgan fingerprint density at radius 3 is 2.10 bits per heavy atom. The first kappa shape index (κ1) is 24.1. The lowest BCUT2D eigenvalue weighted by Gasteiger charge is -2.31. The third-order valence-electron chi connectivity index (χ3n) is 5.90. The molecular formula is C26H38N2O2. The van der Waals surface area contributed by atoms with Gasteiger partial charge in [0.15, 0.2) is 0 Å². The number of aliphatic hydroxyl groups excluding tert-OH is 1. The second kappa shape index (κ2) is 11.3. The maximum absolute atomic E-state index is 12.8. The fraction of sp³-hybridized carbons (Fsp3) is 0.500. The van der Waals surface area contributed by atoms with Crippen molar-refractivity contribution in [1.29, 1.82) is 0 Å². The van der Waals surface area contributed by atoms with Crippen LogP contribution in [0.1, 0.15) is 58.1 Å². The molecule has 0 radical (unpaired) electrons. The summed E-state index contributed by atoms with van der Waals surface area (Å²) in [6, 6.07) is 20.0. The van der Waals surface area contributed by atoms with Crippen LogP contribution in [0.25, 0.3) is 0 Å². The Hall–Kier alpha value is -2.17. The van der Waals surface area contributed by atoms with Gasteiger partial charge in [0.1, 0.15) is 0 Å². The first-order valence-corrected chi connectivity index (χ1v) is 11.0. The van der Waals surface area contributed by atoms with E-state index in [1.807, 2.05) is 60.7 Å². The van der Waals surface area contributed by atoms with Crippen LogP contribution in [0.4, 0.5) is 0 Å². The highest BCUT2D eigenvalue weighted by atomic mass is 16.3. The zero-order valence-electron chi connectivity index (χ0n) is 19.1. The van der Waals surface area contributed by atoms with Crippen LogP contribution in [0.2, 0.25) is 0 Å². The Morgan fingerprint density at radius 1 is 0.967 bits per heavy atom. The predicted octanol–water partition coefficient (Wildman–Crippen LogP) is 4.29. The summed E-state index contributed by atoms with van der Waals surface area (Å²) >= 11 is 0. The number of hydrogen-bond donors (Lipinski definition) is 3. The van der Waals surface area contributed by atoms with Crippen molar-refractivity contribution in [1.82, 2.24) is 10.6 Å². The van der Waals surface area contributed by atoms with Gasteiger partial charge in [0.25, 0.3) is 0 Å². The van der Waals surface area contributed by atoms with Crippen molar-refractivity contribution in [3.05, 3.63) is 71.8 Å². The quantitative estimate of drug-likeness (QED) is 0.547. The van der Waals surface area contributed by atoms with Gasteiger partial charge in [-0.1, -0.05) is 88.4 Å². The molecule has 3 N–H and O–H groups in total. The first-order chi connectivity index (χ1) is 14.2. The lowest BCUT2D eigenvalue weighted by atomic mass is 9.88. The molecule has 0 aliphatic carbocycles. The van der Waals surface area contributed by atoms with E-state index in [1.54, 1.807) is 0 Å². The zero-order chi connectivity index (χ0) is 22.1. The second-order valence-electron chi connectivity index (χ2n) is 9.44. The van der Waals surface area contributed by atoms with E-state index < -0.39 is 6.10 Å². The van der Waals surface area contributed by atoms with Gasteiger partial charge in [-0.2, -0.15) is 0 Å². The number of rotatable bonds is 10. The van der Waals surface area contributed by atoms with Gasteiger partial charge in [-0.05, 0) is 35.8 Å². The molecule has 4 nitrogen and oxygen atoms in total. The fourth-order valence-electron chi connectivity index (χ4n) is 3.34. The summed E-state index contributed by atoms with van der Waals surface area (Å²) < 4.78 is 0. The summed E-state index contributed by atoms with van der Waals surface area (Å²) in [7, 11) is 0. The summed E-state index contributed by atoms with van der Waals surface area (Å²) in [5.74, 6) is 0.0926. The van der Waals surface area contributed by atoms with Crippen molar-refractivity contribution in [3.63, 3.8) is 0 Å². The van der Waals surface area contributed by atoms with Gasteiger partial charge in [0.2, 0.25) is 5.91 Å². The van der Waals surface area contributed by atoms with Crippen molar-refractivity contribution in [2.45, 2.75) is 71.6 Å². The van der Waals surface area contributed by atoms with Gasteiger partial charge in [-0.25, -0.2) is 0 Å². The molecular weight excluding hydrogens is 372 g/mol. The summed E-state index contributed by atoms with van der Waals surface area (Å²) in [6.07, 6.45) is 0.318. The molecule has 30 heavy (non-hydrogen) atoms. The molecule has 0 spiro atoms. The summed E-state index contributed by atoms with van der Waals surface area (Å²) in [4.78, 5) is 12.8. The molecule has 0 heterocycles. The topological polar surface area (TPSA) is 61.4 Å². The minimum atomic E-state index is -0.675. The highest BCUT2D eigenvalue weighted by Gasteiger charge is 2.25. The second-order valence-corrected chi connectivity index (χ2v) is 9.44. The molecule has 0 saturated carbocycles. The molecule has 2 aromatic carbocycles. The molecule has 0 aromatic heterocycles. The standard InChI is InChI=1S/C26H38N2O2/c1-19(22-14-10-7-11-15-22)16-25(30)28-23(17-21-12-8-6-9-13-21)24(29)18-27-20(2)26(3,4)5/h6-15,19-20,23-24,27,29H,16-18H2,1-5H3,(H,28,30)/t19?,20?,23-,24+/m0/s1. The van der Waals surface area contributed by atoms with Gasteiger partial charge >= 0.3 is 0 Å². The smallest absolute Gasteiger partial charge is 0.220 e. The molecule has 2 rings (SSSR count). The van der Waals surface area contributed by atoms with Crippen LogP contribution in [0.15, 0.2) is 60.7 Å². The highest BCUT2D eigenvalue weighted by Crippen LogP contribution is 2.20. The summed E-state index contributed by atoms with van der Waals surface area (Å²) in [5, 5.41) is 17.4. The zero-order valence-corrected chi connectivity index (χ0v) is 19.1. The van der Waals surface area contributed by atoms with Crippen molar-refractivity contribution in [2.75, 3.05) is 6.54 Å². The number of hydrogen-bond acceptors (Lipinski definition) is 3. The summed E-state index contributed by atoms with van der Waals surface area (Å²) in [6.45, 7) is 11.1. The van der Waals surface area contributed by atoms with E-state index in [1.165, 1.54) is 0 Å². The number of carbonyl (C=O) groups excluding carboxylic acids is 1. The van der Waals surface area contributed by atoms with Crippen LogP contribution in [0, 0.1) is 5.41 Å². The third-order valence-corrected chi connectivity index (χ3v) is 5.90. The number of amides is 1. The molecule has 2 aromatic rings. The van der Waals surface area contributed by atoms with Gasteiger partial charge in [-0.3, -0.25) is 4.79 Å². The molecule has 0 aliphatic rings. The van der Waals surface area contributed by atoms with Gasteiger partial charge < -0.3 is 15.7 Å². The molecule has 164 valence electrons. The molecule has 4 heteroatoms. The van der Waals surface area contributed by atoms with Crippen LogP contribution in [0.3, 0.4) is 0 Å². The van der Waals surface area contributed by atoms with E-state index in [-0.39, 0.29) is 29.3 Å². The number of nitrogens with one attached hydrogen (secondary N) is 2. The van der Waals surface area contributed by atoms with Crippen molar-refractivity contribution >= 4 is 5.91 Å². The molecule has 0 saturated heterocycles. The molecule has 2 unspecified atom stereocenters. The van der Waals surface area contributed by atoms with Gasteiger partial charge in [-0.15, -0.1) is 0 Å². The van der Waals surface area contributed by atoms with E-state index >= 15 is 0 Å². The Labute approximate surface area is 182 Å². The molecule has 4 atom stereocenters. The normalized spacial score (nSPS) is 15.8. The Bertz CT molecular complexity index is 756. The fourth-order valence-corrected chi connectivity index (χ4v) is 3.34. The van der Waals surface area contributed by atoms with E-state index in [9.17, 15) is 9.90 Å². The largest absolute Gasteiger partial charge is 0.390 e. The van der Waals surface area contributed by atoms with Crippen LogP contribution >= 0.6 is 0 Å². The maximum Gasteiger partial charge on any atom is 0.220 e. The monoisotopic (exact) mass is 410 g/mol. The maximum atomic E-state index is 12.8. The SMILES string of the molecule is CC(CC(=O)N[C@@H](Cc1ccccc1)[C@H](O)CNC(C)C(C)(C)C)c1ccccc1. The predicted molar refractivity (Wildman–Crippen MR) is 124 cm³/mol. The van der Waals surface area contributed by atoms with Crippen LogP contribution in [0.5, 0.6) is 0 Å². The minimum Gasteiger partial charge on any atom is -0.390 e.